The minimum absolute atomic E-state index is 0.101. The highest BCUT2D eigenvalue weighted by molar-refractivity contribution is 6.42. The number of anilines is 1. The molecular formula is C16H15Cl2NO2. The lowest BCUT2D eigenvalue weighted by atomic mass is 10.1. The molecule has 0 aliphatic carbocycles. The second-order valence-electron chi connectivity index (χ2n) is 4.46. The molecule has 0 aliphatic heterocycles. The van der Waals surface area contributed by atoms with Crippen LogP contribution in [0.15, 0.2) is 42.5 Å². The summed E-state index contributed by atoms with van der Waals surface area (Å²) in [4.78, 5) is 12.0. The Balaban J connectivity index is 1.98. The van der Waals surface area contributed by atoms with Crippen LogP contribution < -0.4 is 10.1 Å². The number of carbonyl (C=O) groups is 1. The average molecular weight is 324 g/mol. The van der Waals surface area contributed by atoms with Gasteiger partial charge >= 0.3 is 0 Å². The van der Waals surface area contributed by atoms with Gasteiger partial charge in [0.1, 0.15) is 5.75 Å². The first-order valence-corrected chi connectivity index (χ1v) is 7.23. The Kier molecular flexibility index (Phi) is 5.48. The molecule has 0 heterocycles. The van der Waals surface area contributed by atoms with Crippen LogP contribution in [0, 0.1) is 0 Å². The topological polar surface area (TPSA) is 38.3 Å². The largest absolute Gasteiger partial charge is 0.495 e. The van der Waals surface area contributed by atoms with Crippen LogP contribution >= 0.6 is 23.2 Å². The van der Waals surface area contributed by atoms with Gasteiger partial charge in [0.2, 0.25) is 5.91 Å². The van der Waals surface area contributed by atoms with E-state index in [1.807, 2.05) is 24.3 Å². The van der Waals surface area contributed by atoms with Crippen LogP contribution in [-0.4, -0.2) is 13.0 Å². The average Bonchev–Trinajstić information content (AvgIpc) is 2.49. The minimum Gasteiger partial charge on any atom is -0.495 e. The van der Waals surface area contributed by atoms with Gasteiger partial charge in [-0.2, -0.15) is 0 Å². The number of halogens is 2. The fourth-order valence-electron chi connectivity index (χ4n) is 1.95. The number of aryl methyl sites for hydroxylation is 1. The van der Waals surface area contributed by atoms with Crippen molar-refractivity contribution in [2.45, 2.75) is 12.8 Å². The number of nitrogens with one attached hydrogen (secondary N) is 1. The third-order valence-corrected chi connectivity index (χ3v) is 3.89. The maximum atomic E-state index is 12.0. The highest BCUT2D eigenvalue weighted by Gasteiger charge is 2.09. The number of hydrogen-bond donors (Lipinski definition) is 1. The molecule has 5 heteroatoms. The smallest absolute Gasteiger partial charge is 0.224 e. The Bertz CT molecular complexity index is 644. The van der Waals surface area contributed by atoms with E-state index in [0.717, 1.165) is 5.56 Å². The van der Waals surface area contributed by atoms with E-state index in [1.54, 1.807) is 25.3 Å². The zero-order chi connectivity index (χ0) is 15.2. The van der Waals surface area contributed by atoms with Crippen LogP contribution in [0.5, 0.6) is 5.75 Å². The maximum absolute atomic E-state index is 12.0. The molecule has 0 saturated carbocycles. The molecule has 0 aliphatic rings. The van der Waals surface area contributed by atoms with Crippen molar-refractivity contribution in [2.24, 2.45) is 0 Å². The van der Waals surface area contributed by atoms with Crippen LogP contribution in [-0.2, 0) is 11.2 Å². The molecule has 1 N–H and O–H groups in total. The Labute approximate surface area is 133 Å². The Hall–Kier alpha value is -1.71. The normalized spacial score (nSPS) is 10.2. The molecule has 2 aromatic rings. The second-order valence-corrected chi connectivity index (χ2v) is 5.25. The van der Waals surface area contributed by atoms with Gasteiger partial charge < -0.3 is 10.1 Å². The Morgan fingerprint density at radius 3 is 2.67 bits per heavy atom. The summed E-state index contributed by atoms with van der Waals surface area (Å²) in [6, 6.07) is 12.7. The van der Waals surface area contributed by atoms with Crippen molar-refractivity contribution in [1.82, 2.24) is 0 Å². The molecule has 21 heavy (non-hydrogen) atoms. The molecule has 1 amide bonds. The van der Waals surface area contributed by atoms with Crippen molar-refractivity contribution < 1.29 is 9.53 Å². The summed E-state index contributed by atoms with van der Waals surface area (Å²) in [5.41, 5.74) is 1.52. The quantitative estimate of drug-likeness (QED) is 0.875. The van der Waals surface area contributed by atoms with Crippen molar-refractivity contribution in [1.29, 1.82) is 0 Å². The molecule has 0 fully saturated rings. The van der Waals surface area contributed by atoms with Gasteiger partial charge in [0.15, 0.2) is 0 Å². The van der Waals surface area contributed by atoms with Gasteiger partial charge in [0.25, 0.3) is 0 Å². The second kappa shape index (κ2) is 7.34. The van der Waals surface area contributed by atoms with Crippen LogP contribution in [0.4, 0.5) is 5.69 Å². The van der Waals surface area contributed by atoms with Gasteiger partial charge in [-0.05, 0) is 30.2 Å². The SMILES string of the molecule is COc1ccccc1NC(=O)CCc1cccc(Cl)c1Cl. The minimum atomic E-state index is -0.101. The molecular weight excluding hydrogens is 309 g/mol. The van der Waals surface area contributed by atoms with E-state index in [1.165, 1.54) is 0 Å². The van der Waals surface area contributed by atoms with Crippen molar-refractivity contribution >= 4 is 34.8 Å². The lowest BCUT2D eigenvalue weighted by molar-refractivity contribution is -0.116. The van der Waals surface area contributed by atoms with Gasteiger partial charge in [-0.3, -0.25) is 4.79 Å². The molecule has 2 aromatic carbocycles. The monoisotopic (exact) mass is 323 g/mol. The predicted octanol–water partition coefficient (Wildman–Crippen LogP) is 4.57. The number of amides is 1. The zero-order valence-electron chi connectivity index (χ0n) is 11.5. The molecule has 0 unspecified atom stereocenters. The number of para-hydroxylation sites is 2. The number of benzene rings is 2. The fraction of sp³-hybridized carbons (Fsp3) is 0.188. The molecule has 0 bridgehead atoms. The number of rotatable bonds is 5. The van der Waals surface area contributed by atoms with Crippen molar-refractivity contribution in [3.05, 3.63) is 58.1 Å². The van der Waals surface area contributed by atoms with Crippen LogP contribution in [0.2, 0.25) is 10.0 Å². The van der Waals surface area contributed by atoms with E-state index in [2.05, 4.69) is 5.32 Å². The van der Waals surface area contributed by atoms with Crippen molar-refractivity contribution in [3.8, 4) is 5.75 Å². The molecule has 0 saturated heterocycles. The summed E-state index contributed by atoms with van der Waals surface area (Å²) in [5, 5.41) is 3.83. The first-order chi connectivity index (χ1) is 10.1. The molecule has 0 radical (unpaired) electrons. The molecule has 0 aromatic heterocycles. The Morgan fingerprint density at radius 2 is 1.90 bits per heavy atom. The lowest BCUT2D eigenvalue weighted by Gasteiger charge is -2.10. The molecule has 110 valence electrons. The van der Waals surface area contributed by atoms with Crippen LogP contribution in [0.25, 0.3) is 0 Å². The van der Waals surface area contributed by atoms with E-state index in [-0.39, 0.29) is 5.91 Å². The third kappa shape index (κ3) is 4.13. The summed E-state index contributed by atoms with van der Waals surface area (Å²) in [6.45, 7) is 0. The van der Waals surface area contributed by atoms with E-state index in [9.17, 15) is 4.79 Å². The van der Waals surface area contributed by atoms with Gasteiger partial charge in [-0.1, -0.05) is 47.5 Å². The van der Waals surface area contributed by atoms with Gasteiger partial charge in [-0.15, -0.1) is 0 Å². The first kappa shape index (κ1) is 15.7. The highest BCUT2D eigenvalue weighted by atomic mass is 35.5. The van der Waals surface area contributed by atoms with Gasteiger partial charge in [-0.25, -0.2) is 0 Å². The Morgan fingerprint density at radius 1 is 1.14 bits per heavy atom. The number of ether oxygens (including phenoxy) is 1. The van der Waals surface area contributed by atoms with Crippen molar-refractivity contribution in [2.75, 3.05) is 12.4 Å². The summed E-state index contributed by atoms with van der Waals surface area (Å²) in [7, 11) is 1.57. The first-order valence-electron chi connectivity index (χ1n) is 6.47. The van der Waals surface area contributed by atoms with E-state index in [4.69, 9.17) is 27.9 Å². The summed E-state index contributed by atoms with van der Waals surface area (Å²) in [6.07, 6.45) is 0.846. The highest BCUT2D eigenvalue weighted by Crippen LogP contribution is 2.27. The van der Waals surface area contributed by atoms with Gasteiger partial charge in [0.05, 0.1) is 22.8 Å². The number of methoxy groups -OCH3 is 1. The molecule has 0 atom stereocenters. The standard InChI is InChI=1S/C16H15Cl2NO2/c1-21-14-8-3-2-7-13(14)19-15(20)10-9-11-5-4-6-12(17)16(11)18/h2-8H,9-10H2,1H3,(H,19,20). The predicted molar refractivity (Wildman–Crippen MR) is 86.4 cm³/mol. The lowest BCUT2D eigenvalue weighted by Crippen LogP contribution is -2.13. The van der Waals surface area contributed by atoms with E-state index >= 15 is 0 Å². The summed E-state index contributed by atoms with van der Waals surface area (Å²) in [5.74, 6) is 0.530. The maximum Gasteiger partial charge on any atom is 0.224 e. The third-order valence-electron chi connectivity index (χ3n) is 3.03. The van der Waals surface area contributed by atoms with E-state index < -0.39 is 0 Å². The number of hydrogen-bond acceptors (Lipinski definition) is 2. The molecule has 2 rings (SSSR count). The van der Waals surface area contributed by atoms with Crippen molar-refractivity contribution in [3.63, 3.8) is 0 Å². The fourth-order valence-corrected chi connectivity index (χ4v) is 2.36. The zero-order valence-corrected chi connectivity index (χ0v) is 13.0. The summed E-state index contributed by atoms with van der Waals surface area (Å²) < 4.78 is 5.19. The summed E-state index contributed by atoms with van der Waals surface area (Å²) >= 11 is 12.1. The number of carbonyl (C=O) groups excluding carboxylic acids is 1. The van der Waals surface area contributed by atoms with Crippen LogP contribution in [0.3, 0.4) is 0 Å². The molecule has 3 nitrogen and oxygen atoms in total. The van der Waals surface area contributed by atoms with Crippen LogP contribution in [0.1, 0.15) is 12.0 Å². The van der Waals surface area contributed by atoms with E-state index in [0.29, 0.717) is 34.3 Å². The molecule has 0 spiro atoms. The van der Waals surface area contributed by atoms with Gasteiger partial charge in [0, 0.05) is 6.42 Å².